The molecule has 0 saturated carbocycles. The summed E-state index contributed by atoms with van der Waals surface area (Å²) in [5.74, 6) is -1.33. The predicted molar refractivity (Wildman–Crippen MR) is 90.8 cm³/mol. The van der Waals surface area contributed by atoms with Gasteiger partial charge in [0.15, 0.2) is 0 Å². The van der Waals surface area contributed by atoms with E-state index in [4.69, 9.17) is 0 Å². The number of carbonyl (C=O) groups is 2. The van der Waals surface area contributed by atoms with Gasteiger partial charge in [0, 0.05) is 25.8 Å². The van der Waals surface area contributed by atoms with E-state index in [-0.39, 0.29) is 5.91 Å². The Morgan fingerprint density at radius 3 is 2.67 bits per heavy atom. The third-order valence-electron chi connectivity index (χ3n) is 4.59. The van der Waals surface area contributed by atoms with Gasteiger partial charge in [0.2, 0.25) is 0 Å². The molecule has 1 aromatic heterocycles. The molecular formula is C19H22N2O3. The Balaban J connectivity index is 1.67. The lowest BCUT2D eigenvalue weighted by molar-refractivity contribution is -0.143. The smallest absolute Gasteiger partial charge is 0.308 e. The summed E-state index contributed by atoms with van der Waals surface area (Å²) in [7, 11) is 0. The van der Waals surface area contributed by atoms with E-state index in [0.717, 1.165) is 19.4 Å². The van der Waals surface area contributed by atoms with Crippen LogP contribution in [0.25, 0.3) is 0 Å². The fraction of sp³-hybridized carbons (Fsp3) is 0.368. The Labute approximate surface area is 141 Å². The molecule has 1 N–H and O–H groups in total. The van der Waals surface area contributed by atoms with Gasteiger partial charge in [-0.1, -0.05) is 30.3 Å². The number of amides is 1. The number of carbonyl (C=O) groups excluding carboxylic acids is 1. The lowest BCUT2D eigenvalue weighted by Gasteiger charge is -2.31. The molecule has 1 aliphatic rings. The standard InChI is InChI=1S/C19H22N2O3/c22-18(21-12-4-8-16(14-21)19(23)24)17-9-5-11-20(17)13-10-15-6-2-1-3-7-15/h1-3,5-7,9,11,16H,4,8,10,12-14H2,(H,23,24)/t16-/m1/s1. The molecule has 1 fully saturated rings. The number of piperidine rings is 1. The summed E-state index contributed by atoms with van der Waals surface area (Å²) < 4.78 is 1.96. The van der Waals surface area contributed by atoms with Gasteiger partial charge in [-0.2, -0.15) is 0 Å². The summed E-state index contributed by atoms with van der Waals surface area (Å²) >= 11 is 0. The first kappa shape index (κ1) is 16.3. The molecule has 1 aliphatic heterocycles. The Morgan fingerprint density at radius 1 is 1.12 bits per heavy atom. The molecule has 0 aliphatic carbocycles. The van der Waals surface area contributed by atoms with Crippen LogP contribution in [0.5, 0.6) is 0 Å². The quantitative estimate of drug-likeness (QED) is 0.919. The number of rotatable bonds is 5. The van der Waals surface area contributed by atoms with Crippen molar-refractivity contribution >= 4 is 11.9 Å². The minimum atomic E-state index is -0.813. The van der Waals surface area contributed by atoms with E-state index >= 15 is 0 Å². The lowest BCUT2D eigenvalue weighted by atomic mass is 9.98. The van der Waals surface area contributed by atoms with E-state index in [1.807, 2.05) is 41.1 Å². The SMILES string of the molecule is O=C(O)[C@@H]1CCCN(C(=O)c2cccn2CCc2ccccc2)C1. The van der Waals surface area contributed by atoms with Gasteiger partial charge in [0.25, 0.3) is 5.91 Å². The summed E-state index contributed by atoms with van der Waals surface area (Å²) in [6, 6.07) is 13.9. The first-order valence-corrected chi connectivity index (χ1v) is 8.36. The maximum absolute atomic E-state index is 12.8. The Morgan fingerprint density at radius 2 is 1.92 bits per heavy atom. The third kappa shape index (κ3) is 3.67. The normalized spacial score (nSPS) is 17.7. The Kier molecular flexibility index (Phi) is 4.99. The van der Waals surface area contributed by atoms with Crippen molar-refractivity contribution in [3.8, 4) is 0 Å². The fourth-order valence-corrected chi connectivity index (χ4v) is 3.22. The van der Waals surface area contributed by atoms with Gasteiger partial charge in [-0.3, -0.25) is 9.59 Å². The van der Waals surface area contributed by atoms with Crippen LogP contribution in [0.4, 0.5) is 0 Å². The molecule has 2 aromatic rings. The molecule has 1 atom stereocenters. The van der Waals surface area contributed by atoms with Crippen LogP contribution in [0.15, 0.2) is 48.7 Å². The van der Waals surface area contributed by atoms with Crippen LogP contribution in [0, 0.1) is 5.92 Å². The summed E-state index contributed by atoms with van der Waals surface area (Å²) in [6.07, 6.45) is 4.16. The van der Waals surface area contributed by atoms with Gasteiger partial charge in [-0.15, -0.1) is 0 Å². The lowest BCUT2D eigenvalue weighted by Crippen LogP contribution is -2.43. The molecule has 1 aromatic carbocycles. The van der Waals surface area contributed by atoms with E-state index in [1.54, 1.807) is 4.90 Å². The van der Waals surface area contributed by atoms with Gasteiger partial charge in [0.05, 0.1) is 5.92 Å². The molecule has 5 heteroatoms. The summed E-state index contributed by atoms with van der Waals surface area (Å²) in [6.45, 7) is 1.67. The van der Waals surface area contributed by atoms with Crippen LogP contribution in [-0.4, -0.2) is 39.5 Å². The van der Waals surface area contributed by atoms with Crippen LogP contribution in [-0.2, 0) is 17.8 Å². The molecular weight excluding hydrogens is 304 g/mol. The molecule has 3 rings (SSSR count). The van der Waals surface area contributed by atoms with Crippen molar-refractivity contribution in [1.29, 1.82) is 0 Å². The molecule has 5 nitrogen and oxygen atoms in total. The average molecular weight is 326 g/mol. The van der Waals surface area contributed by atoms with Crippen molar-refractivity contribution < 1.29 is 14.7 Å². The number of likely N-dealkylation sites (tertiary alicyclic amines) is 1. The van der Waals surface area contributed by atoms with Crippen LogP contribution in [0.3, 0.4) is 0 Å². The highest BCUT2D eigenvalue weighted by Crippen LogP contribution is 2.19. The second-order valence-electron chi connectivity index (χ2n) is 6.25. The largest absolute Gasteiger partial charge is 0.481 e. The highest BCUT2D eigenvalue weighted by molar-refractivity contribution is 5.93. The minimum Gasteiger partial charge on any atom is -0.481 e. The monoisotopic (exact) mass is 326 g/mol. The van der Waals surface area contributed by atoms with Crippen molar-refractivity contribution in [1.82, 2.24) is 9.47 Å². The van der Waals surface area contributed by atoms with Crippen molar-refractivity contribution in [2.45, 2.75) is 25.8 Å². The van der Waals surface area contributed by atoms with Gasteiger partial charge >= 0.3 is 5.97 Å². The van der Waals surface area contributed by atoms with Crippen molar-refractivity contribution in [3.05, 3.63) is 59.9 Å². The zero-order valence-electron chi connectivity index (χ0n) is 13.6. The molecule has 2 heterocycles. The maximum Gasteiger partial charge on any atom is 0.308 e. The first-order valence-electron chi connectivity index (χ1n) is 8.36. The van der Waals surface area contributed by atoms with Crippen molar-refractivity contribution in [3.63, 3.8) is 0 Å². The highest BCUT2D eigenvalue weighted by Gasteiger charge is 2.29. The average Bonchev–Trinajstić information content (AvgIpc) is 3.09. The molecule has 1 saturated heterocycles. The topological polar surface area (TPSA) is 62.5 Å². The van der Waals surface area contributed by atoms with Gasteiger partial charge in [-0.25, -0.2) is 0 Å². The Hall–Kier alpha value is -2.56. The second-order valence-corrected chi connectivity index (χ2v) is 6.25. The van der Waals surface area contributed by atoms with Gasteiger partial charge < -0.3 is 14.6 Å². The van der Waals surface area contributed by atoms with Crippen LogP contribution in [0.2, 0.25) is 0 Å². The van der Waals surface area contributed by atoms with Crippen molar-refractivity contribution in [2.24, 2.45) is 5.92 Å². The second kappa shape index (κ2) is 7.34. The molecule has 24 heavy (non-hydrogen) atoms. The molecule has 0 radical (unpaired) electrons. The highest BCUT2D eigenvalue weighted by atomic mass is 16.4. The number of carboxylic acids is 1. The summed E-state index contributed by atoms with van der Waals surface area (Å²) in [5.41, 5.74) is 1.87. The van der Waals surface area contributed by atoms with E-state index in [1.165, 1.54) is 5.56 Å². The number of carboxylic acid groups (broad SMARTS) is 1. The number of aliphatic carboxylic acids is 1. The van der Waals surface area contributed by atoms with E-state index in [9.17, 15) is 14.7 Å². The van der Waals surface area contributed by atoms with Crippen molar-refractivity contribution in [2.75, 3.05) is 13.1 Å². The molecule has 0 spiro atoms. The van der Waals surface area contributed by atoms with E-state index in [2.05, 4.69) is 12.1 Å². The van der Waals surface area contributed by atoms with E-state index in [0.29, 0.717) is 25.2 Å². The maximum atomic E-state index is 12.8. The first-order chi connectivity index (χ1) is 11.6. The van der Waals surface area contributed by atoms with Gasteiger partial charge in [-0.05, 0) is 37.0 Å². The molecule has 126 valence electrons. The molecule has 0 unspecified atom stereocenters. The number of benzene rings is 1. The summed E-state index contributed by atoms with van der Waals surface area (Å²) in [5, 5.41) is 9.19. The number of aromatic nitrogens is 1. The zero-order chi connectivity index (χ0) is 16.9. The van der Waals surface area contributed by atoms with E-state index < -0.39 is 11.9 Å². The predicted octanol–water partition coefficient (Wildman–Crippen LogP) is 2.67. The molecule has 0 bridgehead atoms. The minimum absolute atomic E-state index is 0.0704. The molecule has 1 amide bonds. The van der Waals surface area contributed by atoms with Gasteiger partial charge in [0.1, 0.15) is 5.69 Å². The summed E-state index contributed by atoms with van der Waals surface area (Å²) in [4.78, 5) is 25.6. The third-order valence-corrected chi connectivity index (χ3v) is 4.59. The number of nitrogens with zero attached hydrogens (tertiary/aromatic N) is 2. The number of hydrogen-bond acceptors (Lipinski definition) is 2. The number of aryl methyl sites for hydroxylation is 2. The zero-order valence-corrected chi connectivity index (χ0v) is 13.6. The van der Waals surface area contributed by atoms with Crippen LogP contribution < -0.4 is 0 Å². The Bertz CT molecular complexity index is 708. The fourth-order valence-electron chi connectivity index (χ4n) is 3.22. The van der Waals surface area contributed by atoms with Crippen LogP contribution >= 0.6 is 0 Å². The number of hydrogen-bond donors (Lipinski definition) is 1. The van der Waals surface area contributed by atoms with Crippen LogP contribution in [0.1, 0.15) is 28.9 Å².